The number of alkyl halides is 3. The molecule has 6 nitrogen and oxygen atoms in total. The Morgan fingerprint density at radius 2 is 2.00 bits per heavy atom. The Hall–Kier alpha value is -2.97. The first-order valence-electron chi connectivity index (χ1n) is 9.22. The number of hydrogen-bond acceptors (Lipinski definition) is 4. The van der Waals surface area contributed by atoms with Crippen LogP contribution in [-0.2, 0) is 13.0 Å². The van der Waals surface area contributed by atoms with Gasteiger partial charge in [-0.25, -0.2) is 9.78 Å². The van der Waals surface area contributed by atoms with Crippen molar-refractivity contribution in [3.05, 3.63) is 53.7 Å². The monoisotopic (exact) mass is 413 g/mol. The number of carbonyl (C=O) groups excluding carboxylic acids is 1. The summed E-state index contributed by atoms with van der Waals surface area (Å²) in [5.41, 5.74) is 6.74. The maximum Gasteiger partial charge on any atom is 0.422 e. The Balaban J connectivity index is 0.000000295. The van der Waals surface area contributed by atoms with Gasteiger partial charge in [0.1, 0.15) is 5.75 Å². The van der Waals surface area contributed by atoms with E-state index in [0.29, 0.717) is 5.56 Å². The molecular weight excluding hydrogens is 387 g/mol. The van der Waals surface area contributed by atoms with Crippen LogP contribution in [0.1, 0.15) is 31.4 Å². The third-order valence-corrected chi connectivity index (χ3v) is 3.47. The summed E-state index contributed by atoms with van der Waals surface area (Å²) < 4.78 is 45.5. The molecule has 0 aliphatic carbocycles. The van der Waals surface area contributed by atoms with Gasteiger partial charge in [0, 0.05) is 18.8 Å². The number of aryl methyl sites for hydroxylation is 1. The fourth-order valence-electron chi connectivity index (χ4n) is 2.28. The van der Waals surface area contributed by atoms with Crippen molar-refractivity contribution in [1.29, 1.82) is 0 Å². The second kappa shape index (κ2) is 12.5. The SMILES string of the molecule is CC.NC(=O)NCc1ccnc(OCC(F)(F)F)c1.c1ccc2c(c1)CCCO2. The second-order valence-corrected chi connectivity index (χ2v) is 5.68. The Morgan fingerprint density at radius 3 is 2.66 bits per heavy atom. The average Bonchev–Trinajstić information content (AvgIpc) is 2.73. The number of hydrogen-bond donors (Lipinski definition) is 2. The zero-order chi connectivity index (χ0) is 21.7. The first-order valence-corrected chi connectivity index (χ1v) is 9.22. The number of primary amides is 1. The molecule has 0 saturated carbocycles. The Kier molecular flexibility index (Phi) is 10.4. The number of para-hydroxylation sites is 1. The van der Waals surface area contributed by atoms with Crippen molar-refractivity contribution in [2.75, 3.05) is 13.2 Å². The molecule has 3 N–H and O–H groups in total. The normalized spacial score (nSPS) is 12.0. The number of carbonyl (C=O) groups is 1. The van der Waals surface area contributed by atoms with Crippen LogP contribution in [0.5, 0.6) is 11.6 Å². The first kappa shape index (κ1) is 24.1. The summed E-state index contributed by atoms with van der Waals surface area (Å²) in [4.78, 5) is 14.0. The number of nitrogens with two attached hydrogens (primary N) is 1. The fourth-order valence-corrected chi connectivity index (χ4v) is 2.28. The molecule has 1 aromatic carbocycles. The molecule has 1 aliphatic rings. The number of amides is 2. The van der Waals surface area contributed by atoms with Crippen LogP contribution in [0.4, 0.5) is 18.0 Å². The highest BCUT2D eigenvalue weighted by atomic mass is 19.4. The number of aromatic nitrogens is 1. The highest BCUT2D eigenvalue weighted by molar-refractivity contribution is 5.71. The van der Waals surface area contributed by atoms with Gasteiger partial charge in [-0.3, -0.25) is 0 Å². The molecule has 29 heavy (non-hydrogen) atoms. The van der Waals surface area contributed by atoms with Crippen molar-refractivity contribution < 1.29 is 27.4 Å². The molecule has 2 amide bonds. The molecule has 0 saturated heterocycles. The molecule has 0 unspecified atom stereocenters. The van der Waals surface area contributed by atoms with Crippen molar-refractivity contribution in [3.8, 4) is 11.6 Å². The molecule has 0 fully saturated rings. The molecule has 9 heteroatoms. The minimum absolute atomic E-state index is 0.0975. The highest BCUT2D eigenvalue weighted by Gasteiger charge is 2.28. The van der Waals surface area contributed by atoms with Gasteiger partial charge in [-0.15, -0.1) is 0 Å². The van der Waals surface area contributed by atoms with E-state index in [0.717, 1.165) is 18.8 Å². The van der Waals surface area contributed by atoms with Gasteiger partial charge in [-0.2, -0.15) is 13.2 Å². The number of pyridine rings is 1. The van der Waals surface area contributed by atoms with Crippen LogP contribution in [0.25, 0.3) is 0 Å². The van der Waals surface area contributed by atoms with Crippen LogP contribution in [0.15, 0.2) is 42.6 Å². The number of urea groups is 1. The minimum Gasteiger partial charge on any atom is -0.493 e. The topological polar surface area (TPSA) is 86.5 Å². The number of nitrogens with one attached hydrogen (secondary N) is 1. The van der Waals surface area contributed by atoms with E-state index in [1.165, 1.54) is 30.3 Å². The smallest absolute Gasteiger partial charge is 0.422 e. The predicted octanol–water partition coefficient (Wildman–Crippen LogP) is 4.23. The Morgan fingerprint density at radius 1 is 1.28 bits per heavy atom. The van der Waals surface area contributed by atoms with Crippen LogP contribution < -0.4 is 20.5 Å². The van der Waals surface area contributed by atoms with Gasteiger partial charge in [0.05, 0.1) is 6.61 Å². The lowest BCUT2D eigenvalue weighted by molar-refractivity contribution is -0.154. The van der Waals surface area contributed by atoms with E-state index in [9.17, 15) is 18.0 Å². The number of rotatable bonds is 4. The Bertz CT molecular complexity index is 730. The molecular formula is C20H26F3N3O3. The summed E-state index contributed by atoms with van der Waals surface area (Å²) in [6, 6.07) is 10.3. The van der Waals surface area contributed by atoms with Gasteiger partial charge in [-0.05, 0) is 36.1 Å². The van der Waals surface area contributed by atoms with Crippen molar-refractivity contribution in [1.82, 2.24) is 10.3 Å². The van der Waals surface area contributed by atoms with E-state index >= 15 is 0 Å². The summed E-state index contributed by atoms with van der Waals surface area (Å²) in [6.07, 6.45) is -0.792. The molecule has 2 heterocycles. The molecule has 0 spiro atoms. The molecule has 2 aromatic rings. The van der Waals surface area contributed by atoms with Crippen LogP contribution in [0, 0.1) is 0 Å². The van der Waals surface area contributed by atoms with Crippen molar-refractivity contribution in [2.24, 2.45) is 5.73 Å². The van der Waals surface area contributed by atoms with E-state index < -0.39 is 18.8 Å². The van der Waals surface area contributed by atoms with E-state index in [-0.39, 0.29) is 12.4 Å². The van der Waals surface area contributed by atoms with Crippen molar-refractivity contribution in [2.45, 2.75) is 39.4 Å². The number of nitrogens with zero attached hydrogens (tertiary/aromatic N) is 1. The van der Waals surface area contributed by atoms with Gasteiger partial charge < -0.3 is 20.5 Å². The van der Waals surface area contributed by atoms with Crippen LogP contribution in [0.3, 0.4) is 0 Å². The van der Waals surface area contributed by atoms with Crippen molar-refractivity contribution >= 4 is 6.03 Å². The highest BCUT2D eigenvalue weighted by Crippen LogP contribution is 2.23. The summed E-state index contributed by atoms with van der Waals surface area (Å²) in [7, 11) is 0. The minimum atomic E-state index is -4.41. The number of fused-ring (bicyclic) bond motifs is 1. The lowest BCUT2D eigenvalue weighted by atomic mass is 10.1. The van der Waals surface area contributed by atoms with Crippen LogP contribution >= 0.6 is 0 Å². The summed E-state index contributed by atoms with van der Waals surface area (Å²) in [5, 5.41) is 2.29. The molecule has 1 aliphatic heterocycles. The zero-order valence-electron chi connectivity index (χ0n) is 16.5. The number of ether oxygens (including phenoxy) is 2. The van der Waals surface area contributed by atoms with Gasteiger partial charge in [0.2, 0.25) is 5.88 Å². The molecule has 3 rings (SSSR count). The number of benzene rings is 1. The van der Waals surface area contributed by atoms with Crippen molar-refractivity contribution in [3.63, 3.8) is 0 Å². The van der Waals surface area contributed by atoms with Crippen LogP contribution in [-0.4, -0.2) is 30.4 Å². The molecule has 0 atom stereocenters. The van der Waals surface area contributed by atoms with Crippen LogP contribution in [0.2, 0.25) is 0 Å². The predicted molar refractivity (Wildman–Crippen MR) is 104 cm³/mol. The lowest BCUT2D eigenvalue weighted by Gasteiger charge is -2.15. The Labute approximate surface area is 168 Å². The fraction of sp³-hybridized carbons (Fsp3) is 0.400. The quantitative estimate of drug-likeness (QED) is 0.785. The van der Waals surface area contributed by atoms with Gasteiger partial charge in [0.25, 0.3) is 0 Å². The first-order chi connectivity index (χ1) is 13.8. The molecule has 160 valence electrons. The molecule has 1 aromatic heterocycles. The van der Waals surface area contributed by atoms with E-state index in [2.05, 4.69) is 27.2 Å². The van der Waals surface area contributed by atoms with E-state index in [1.807, 2.05) is 26.0 Å². The average molecular weight is 413 g/mol. The zero-order valence-corrected chi connectivity index (χ0v) is 16.5. The molecule has 0 bridgehead atoms. The van der Waals surface area contributed by atoms with Gasteiger partial charge in [-0.1, -0.05) is 32.0 Å². The third-order valence-electron chi connectivity index (χ3n) is 3.47. The maximum absolute atomic E-state index is 11.9. The van der Waals surface area contributed by atoms with E-state index in [4.69, 9.17) is 10.5 Å². The summed E-state index contributed by atoms with van der Waals surface area (Å²) in [6.45, 7) is 3.57. The van der Waals surface area contributed by atoms with Gasteiger partial charge in [0.15, 0.2) is 6.61 Å². The third kappa shape index (κ3) is 10.2. The van der Waals surface area contributed by atoms with E-state index in [1.54, 1.807) is 0 Å². The molecule has 0 radical (unpaired) electrons. The largest absolute Gasteiger partial charge is 0.493 e. The lowest BCUT2D eigenvalue weighted by Crippen LogP contribution is -2.28. The standard InChI is InChI=1S/C9H10F3N3O2.C9H10O.C2H6/c10-9(11,12)5-17-7-3-6(1-2-14-7)4-15-8(13)16;1-2-6-9-8(4-1)5-3-7-10-9;1-2/h1-3H,4-5H2,(H3,13,15,16);1-2,4,6H,3,5,7H2;1-2H3. The second-order valence-electron chi connectivity index (χ2n) is 5.68. The maximum atomic E-state index is 11.9. The number of halogens is 3. The summed E-state index contributed by atoms with van der Waals surface area (Å²) in [5.74, 6) is 0.917. The van der Waals surface area contributed by atoms with Gasteiger partial charge >= 0.3 is 12.2 Å². The summed E-state index contributed by atoms with van der Waals surface area (Å²) >= 11 is 0.